The molecular formula is C24H39N2O5+. The summed E-state index contributed by atoms with van der Waals surface area (Å²) in [6.07, 6.45) is 6.72. The summed E-state index contributed by atoms with van der Waals surface area (Å²) in [5.74, 6) is 1.93. The lowest BCUT2D eigenvalue weighted by atomic mass is 9.66. The first-order valence-electron chi connectivity index (χ1n) is 11.6. The molecule has 4 atom stereocenters. The Morgan fingerprint density at radius 1 is 1.16 bits per heavy atom. The quantitative estimate of drug-likeness (QED) is 0.516. The number of hydrogen-bond donors (Lipinski definition) is 3. The molecule has 1 saturated heterocycles. The van der Waals surface area contributed by atoms with Crippen molar-refractivity contribution in [2.24, 2.45) is 5.92 Å². The van der Waals surface area contributed by atoms with Crippen LogP contribution in [0.15, 0.2) is 12.1 Å². The average molecular weight is 436 g/mol. The molecule has 0 aromatic heterocycles. The third kappa shape index (κ3) is 5.09. The van der Waals surface area contributed by atoms with Crippen molar-refractivity contribution < 1.29 is 29.0 Å². The van der Waals surface area contributed by atoms with Gasteiger partial charge in [0.1, 0.15) is 6.04 Å². The van der Waals surface area contributed by atoms with Gasteiger partial charge in [-0.2, -0.15) is 0 Å². The number of hydrogen-bond acceptors (Lipinski definition) is 5. The minimum atomic E-state index is -0.675. The molecule has 1 unspecified atom stereocenters. The zero-order chi connectivity index (χ0) is 22.4. The number of likely N-dealkylation sites (tertiary alicyclic amines) is 1. The first kappa shape index (κ1) is 23.7. The van der Waals surface area contributed by atoms with E-state index in [0.717, 1.165) is 57.1 Å². The fraction of sp³-hybridized carbons (Fsp3) is 0.708. The fourth-order valence-corrected chi connectivity index (χ4v) is 5.47. The van der Waals surface area contributed by atoms with Crippen molar-refractivity contribution in [2.45, 2.75) is 63.5 Å². The Bertz CT molecular complexity index is 730. The van der Waals surface area contributed by atoms with Crippen LogP contribution in [0.4, 0.5) is 0 Å². The lowest BCUT2D eigenvalue weighted by Gasteiger charge is -2.50. The number of unbranched alkanes of at least 4 members (excludes halogenated alkanes) is 1. The highest BCUT2D eigenvalue weighted by Crippen LogP contribution is 2.47. The second-order valence-electron chi connectivity index (χ2n) is 8.93. The second kappa shape index (κ2) is 10.6. The minimum absolute atomic E-state index is 0.00955. The number of methoxy groups -OCH3 is 3. The molecule has 0 radical (unpaired) electrons. The summed E-state index contributed by atoms with van der Waals surface area (Å²) in [4.78, 5) is 13.9. The van der Waals surface area contributed by atoms with E-state index in [1.807, 2.05) is 12.1 Å². The summed E-state index contributed by atoms with van der Waals surface area (Å²) in [6, 6.07) is 3.97. The summed E-state index contributed by atoms with van der Waals surface area (Å²) < 4.78 is 16.7. The molecule has 1 aromatic carbocycles. The monoisotopic (exact) mass is 435 g/mol. The van der Waals surface area contributed by atoms with E-state index in [1.54, 1.807) is 21.3 Å². The molecule has 1 aliphatic heterocycles. The first-order valence-corrected chi connectivity index (χ1v) is 11.6. The topological polar surface area (TPSA) is 81.5 Å². The Kier molecular flexibility index (Phi) is 8.06. The van der Waals surface area contributed by atoms with Gasteiger partial charge in [0.05, 0.1) is 33.5 Å². The highest BCUT2D eigenvalue weighted by Gasteiger charge is 2.52. The Balaban J connectivity index is 1.96. The molecule has 1 heterocycles. The molecular weight excluding hydrogens is 396 g/mol. The zero-order valence-electron chi connectivity index (χ0n) is 19.5. The van der Waals surface area contributed by atoms with Crippen LogP contribution in [0.1, 0.15) is 63.5 Å². The normalized spacial score (nSPS) is 27.8. The predicted octanol–water partition coefficient (Wildman–Crippen LogP) is 1.88. The van der Waals surface area contributed by atoms with Crippen molar-refractivity contribution in [3.63, 3.8) is 0 Å². The number of carbonyl (C=O) groups excluding carboxylic acids is 1. The number of carbonyl (C=O) groups is 1. The van der Waals surface area contributed by atoms with E-state index in [4.69, 9.17) is 14.2 Å². The van der Waals surface area contributed by atoms with Crippen molar-refractivity contribution >= 4 is 5.91 Å². The van der Waals surface area contributed by atoms with Gasteiger partial charge >= 0.3 is 0 Å². The van der Waals surface area contributed by atoms with Crippen LogP contribution < -0.4 is 24.4 Å². The summed E-state index contributed by atoms with van der Waals surface area (Å²) >= 11 is 0. The number of quaternary nitrogens is 1. The van der Waals surface area contributed by atoms with Crippen LogP contribution in [0.2, 0.25) is 0 Å². The van der Waals surface area contributed by atoms with Gasteiger partial charge in [0.2, 0.25) is 5.75 Å². The number of amides is 1. The molecule has 0 bridgehead atoms. The molecule has 1 aromatic rings. The predicted molar refractivity (Wildman–Crippen MR) is 119 cm³/mol. The van der Waals surface area contributed by atoms with Crippen molar-refractivity contribution in [2.75, 3.05) is 41.0 Å². The van der Waals surface area contributed by atoms with Crippen molar-refractivity contribution in [3.8, 4) is 17.2 Å². The SMILES string of the molecule is CCCCNC(=O)C[NH+]1CC[C@]2(O)CCCC[C@@H]2[C@H]1c1cc(OC)c(OC)c(OC)c1. The van der Waals surface area contributed by atoms with Gasteiger partial charge in [0, 0.05) is 24.4 Å². The van der Waals surface area contributed by atoms with Gasteiger partial charge in [0.25, 0.3) is 5.91 Å². The number of nitrogens with one attached hydrogen (secondary N) is 2. The number of benzene rings is 1. The molecule has 2 fully saturated rings. The van der Waals surface area contributed by atoms with Gasteiger partial charge in [-0.3, -0.25) is 4.79 Å². The molecule has 0 spiro atoms. The van der Waals surface area contributed by atoms with E-state index < -0.39 is 5.60 Å². The van der Waals surface area contributed by atoms with E-state index in [9.17, 15) is 9.90 Å². The highest BCUT2D eigenvalue weighted by atomic mass is 16.5. The summed E-state index contributed by atoms with van der Waals surface area (Å²) in [6.45, 7) is 3.99. The number of rotatable bonds is 9. The highest BCUT2D eigenvalue weighted by molar-refractivity contribution is 5.76. The van der Waals surface area contributed by atoms with Crippen molar-refractivity contribution in [1.82, 2.24) is 5.32 Å². The zero-order valence-corrected chi connectivity index (χ0v) is 19.5. The lowest BCUT2D eigenvalue weighted by molar-refractivity contribution is -0.937. The maximum atomic E-state index is 12.7. The third-order valence-electron chi connectivity index (χ3n) is 7.07. The molecule has 2 aliphatic rings. The molecule has 3 N–H and O–H groups in total. The van der Waals surface area contributed by atoms with Gasteiger partial charge in [-0.1, -0.05) is 26.2 Å². The van der Waals surface area contributed by atoms with Gasteiger partial charge < -0.3 is 29.5 Å². The van der Waals surface area contributed by atoms with Gasteiger partial charge in [-0.05, 0) is 31.4 Å². The summed E-state index contributed by atoms with van der Waals surface area (Å²) in [5.41, 5.74) is 0.349. The Morgan fingerprint density at radius 2 is 1.87 bits per heavy atom. The average Bonchev–Trinajstić information content (AvgIpc) is 2.78. The maximum Gasteiger partial charge on any atom is 0.275 e. The van der Waals surface area contributed by atoms with Crippen LogP contribution in [0.25, 0.3) is 0 Å². The van der Waals surface area contributed by atoms with Crippen LogP contribution >= 0.6 is 0 Å². The van der Waals surface area contributed by atoms with Crippen LogP contribution in [0.5, 0.6) is 17.2 Å². The van der Waals surface area contributed by atoms with E-state index >= 15 is 0 Å². The smallest absolute Gasteiger partial charge is 0.275 e. The number of piperidine rings is 1. The summed E-state index contributed by atoms with van der Waals surface area (Å²) in [7, 11) is 4.83. The van der Waals surface area contributed by atoms with Crippen LogP contribution in [-0.2, 0) is 4.79 Å². The van der Waals surface area contributed by atoms with E-state index in [2.05, 4.69) is 12.2 Å². The third-order valence-corrected chi connectivity index (χ3v) is 7.07. The van der Waals surface area contributed by atoms with Crippen molar-refractivity contribution in [3.05, 3.63) is 17.7 Å². The molecule has 174 valence electrons. The number of ether oxygens (including phenoxy) is 3. The van der Waals surface area contributed by atoms with Gasteiger partial charge in [-0.15, -0.1) is 0 Å². The molecule has 3 rings (SSSR count). The van der Waals surface area contributed by atoms with E-state index in [1.165, 1.54) is 4.90 Å². The minimum Gasteiger partial charge on any atom is -0.493 e. The van der Waals surface area contributed by atoms with Crippen LogP contribution in [-0.4, -0.2) is 57.6 Å². The molecule has 1 saturated carbocycles. The second-order valence-corrected chi connectivity index (χ2v) is 8.93. The van der Waals surface area contributed by atoms with Crippen LogP contribution in [0.3, 0.4) is 0 Å². The number of fused-ring (bicyclic) bond motifs is 1. The number of aliphatic hydroxyl groups is 1. The Labute approximate surface area is 186 Å². The van der Waals surface area contributed by atoms with Gasteiger partial charge in [0.15, 0.2) is 18.0 Å². The Hall–Kier alpha value is -1.99. The molecule has 31 heavy (non-hydrogen) atoms. The molecule has 7 nitrogen and oxygen atoms in total. The largest absolute Gasteiger partial charge is 0.493 e. The van der Waals surface area contributed by atoms with Crippen LogP contribution in [0, 0.1) is 5.92 Å². The molecule has 7 heteroatoms. The fourth-order valence-electron chi connectivity index (χ4n) is 5.47. The lowest BCUT2D eigenvalue weighted by Crippen LogP contribution is -3.16. The summed E-state index contributed by atoms with van der Waals surface area (Å²) in [5, 5.41) is 14.6. The standard InChI is InChI=1S/C24H38N2O5/c1-5-6-12-25-21(27)16-26-13-11-24(28)10-8-7-9-18(24)22(26)17-14-19(29-2)23(31-4)20(15-17)30-3/h14-15,18,22,28H,5-13,16H2,1-4H3,(H,25,27)/p+1/t18-,22-,24-/m1/s1. The van der Waals surface area contributed by atoms with Gasteiger partial charge in [-0.25, -0.2) is 0 Å². The first-order chi connectivity index (χ1) is 15.0. The van der Waals surface area contributed by atoms with E-state index in [0.29, 0.717) is 30.3 Å². The molecule has 1 aliphatic carbocycles. The maximum absolute atomic E-state index is 12.7. The van der Waals surface area contributed by atoms with E-state index in [-0.39, 0.29) is 17.9 Å². The molecule has 1 amide bonds. The van der Waals surface area contributed by atoms with Crippen molar-refractivity contribution in [1.29, 1.82) is 0 Å². The Morgan fingerprint density at radius 3 is 2.48 bits per heavy atom.